The van der Waals surface area contributed by atoms with E-state index in [4.69, 9.17) is 4.74 Å². The lowest BCUT2D eigenvalue weighted by molar-refractivity contribution is -0.141. The first kappa shape index (κ1) is 23.3. The second-order valence-electron chi connectivity index (χ2n) is 7.73. The van der Waals surface area contributed by atoms with Crippen molar-refractivity contribution in [3.05, 3.63) is 53.0 Å². The smallest absolute Gasteiger partial charge is 0.435 e. The van der Waals surface area contributed by atoms with Crippen molar-refractivity contribution in [2.75, 3.05) is 6.54 Å². The molecule has 2 aromatic heterocycles. The molecule has 13 heteroatoms. The summed E-state index contributed by atoms with van der Waals surface area (Å²) >= 11 is 0. The summed E-state index contributed by atoms with van der Waals surface area (Å²) in [5.41, 5.74) is 0.0660. The largest absolute Gasteiger partial charge is 0.471 e. The molecule has 2 heterocycles. The van der Waals surface area contributed by atoms with Crippen LogP contribution in [0.3, 0.4) is 0 Å². The van der Waals surface area contributed by atoms with Gasteiger partial charge in [-0.15, -0.1) is 5.10 Å². The number of carbonyl (C=O) groups is 2. The number of hydrogen-bond donors (Lipinski definition) is 2. The van der Waals surface area contributed by atoms with E-state index in [1.54, 1.807) is 24.3 Å². The molecule has 0 unspecified atom stereocenters. The van der Waals surface area contributed by atoms with Crippen molar-refractivity contribution in [2.45, 2.75) is 38.6 Å². The van der Waals surface area contributed by atoms with Crippen LogP contribution in [0.4, 0.5) is 13.2 Å². The maximum Gasteiger partial charge on any atom is 0.435 e. The van der Waals surface area contributed by atoms with Crippen molar-refractivity contribution in [3.8, 4) is 11.6 Å². The third-order valence-electron chi connectivity index (χ3n) is 5.09. The van der Waals surface area contributed by atoms with Crippen LogP contribution < -0.4 is 15.4 Å². The monoisotopic (exact) mass is 477 g/mol. The molecule has 0 bridgehead atoms. The quantitative estimate of drug-likeness (QED) is 0.514. The highest BCUT2D eigenvalue weighted by Crippen LogP contribution is 2.30. The van der Waals surface area contributed by atoms with E-state index >= 15 is 0 Å². The standard InChI is InChI=1S/C21H22F3N7O3/c1-3-25-19(32)12-4-8-14(9-5-12)31-15(18(27-29-31)20(33)26-13-6-7-13)11-34-17-10-16(21(22,23)24)28-30(17)2/h4-5,8-10,13H,3,6-7,11H2,1-2H3,(H,25,32)(H,26,33). The molecule has 2 N–H and O–H groups in total. The molecule has 1 aliphatic carbocycles. The number of amides is 2. The first-order chi connectivity index (χ1) is 16.2. The zero-order valence-electron chi connectivity index (χ0n) is 18.4. The molecule has 0 spiro atoms. The molecule has 1 aromatic carbocycles. The van der Waals surface area contributed by atoms with Crippen molar-refractivity contribution >= 4 is 11.8 Å². The van der Waals surface area contributed by atoms with E-state index in [0.29, 0.717) is 17.8 Å². The van der Waals surface area contributed by atoms with E-state index in [1.807, 2.05) is 6.92 Å². The van der Waals surface area contributed by atoms with Crippen LogP contribution in [0.15, 0.2) is 30.3 Å². The van der Waals surface area contributed by atoms with Gasteiger partial charge in [0.05, 0.1) is 5.69 Å². The first-order valence-corrected chi connectivity index (χ1v) is 10.6. The minimum absolute atomic E-state index is 0.00193. The highest BCUT2D eigenvalue weighted by atomic mass is 19.4. The minimum atomic E-state index is -4.62. The zero-order valence-corrected chi connectivity index (χ0v) is 18.4. The van der Waals surface area contributed by atoms with Gasteiger partial charge >= 0.3 is 6.18 Å². The lowest BCUT2D eigenvalue weighted by Crippen LogP contribution is -2.27. The summed E-state index contributed by atoms with van der Waals surface area (Å²) in [5.74, 6) is -0.829. The summed E-state index contributed by atoms with van der Waals surface area (Å²) in [4.78, 5) is 24.7. The van der Waals surface area contributed by atoms with Gasteiger partial charge in [0.15, 0.2) is 11.4 Å². The number of hydrogen-bond acceptors (Lipinski definition) is 6. The van der Waals surface area contributed by atoms with Crippen LogP contribution in [0.5, 0.6) is 5.88 Å². The van der Waals surface area contributed by atoms with Gasteiger partial charge in [-0.2, -0.15) is 18.3 Å². The number of alkyl halides is 3. The predicted octanol–water partition coefficient (Wildman–Crippen LogP) is 2.24. The Balaban J connectivity index is 1.63. The van der Waals surface area contributed by atoms with Crippen LogP contribution in [-0.4, -0.2) is 49.2 Å². The van der Waals surface area contributed by atoms with Crippen LogP contribution in [-0.2, 0) is 19.8 Å². The molecule has 0 aliphatic heterocycles. The summed E-state index contributed by atoms with van der Waals surface area (Å²) in [6, 6.07) is 7.27. The number of aryl methyl sites for hydroxylation is 1. The average Bonchev–Trinajstić information content (AvgIpc) is 3.36. The van der Waals surface area contributed by atoms with Crippen LogP contribution in [0.1, 0.15) is 52.0 Å². The number of ether oxygens (including phenoxy) is 1. The number of rotatable bonds is 8. The predicted molar refractivity (Wildman–Crippen MR) is 112 cm³/mol. The zero-order chi connectivity index (χ0) is 24.5. The molecular weight excluding hydrogens is 455 g/mol. The molecule has 34 heavy (non-hydrogen) atoms. The Morgan fingerprint density at radius 1 is 1.18 bits per heavy atom. The highest BCUT2D eigenvalue weighted by Gasteiger charge is 2.35. The lowest BCUT2D eigenvalue weighted by Gasteiger charge is -2.11. The fraction of sp³-hybridized carbons (Fsp3) is 0.381. The summed E-state index contributed by atoms with van der Waals surface area (Å²) in [6.07, 6.45) is -2.89. The third kappa shape index (κ3) is 5.02. The van der Waals surface area contributed by atoms with Gasteiger partial charge in [-0.1, -0.05) is 5.21 Å². The van der Waals surface area contributed by atoms with Crippen molar-refractivity contribution in [3.63, 3.8) is 0 Å². The lowest BCUT2D eigenvalue weighted by atomic mass is 10.2. The van der Waals surface area contributed by atoms with E-state index in [-0.39, 0.29) is 35.8 Å². The highest BCUT2D eigenvalue weighted by molar-refractivity contribution is 5.94. The van der Waals surface area contributed by atoms with Crippen LogP contribution in [0.2, 0.25) is 0 Å². The first-order valence-electron chi connectivity index (χ1n) is 10.6. The molecule has 1 aliphatic rings. The van der Waals surface area contributed by atoms with Gasteiger partial charge in [-0.05, 0) is 44.0 Å². The number of carbonyl (C=O) groups excluding carboxylic acids is 2. The van der Waals surface area contributed by atoms with Gasteiger partial charge in [0.1, 0.15) is 12.3 Å². The summed E-state index contributed by atoms with van der Waals surface area (Å²) in [6.45, 7) is 1.99. The van der Waals surface area contributed by atoms with Crippen molar-refractivity contribution in [1.29, 1.82) is 0 Å². The van der Waals surface area contributed by atoms with E-state index in [9.17, 15) is 22.8 Å². The van der Waals surface area contributed by atoms with E-state index in [0.717, 1.165) is 23.6 Å². The molecule has 3 aromatic rings. The normalized spacial score (nSPS) is 13.6. The van der Waals surface area contributed by atoms with Gasteiger partial charge in [0.2, 0.25) is 5.88 Å². The van der Waals surface area contributed by atoms with E-state index in [2.05, 4.69) is 26.0 Å². The van der Waals surface area contributed by atoms with Gasteiger partial charge < -0.3 is 15.4 Å². The molecule has 10 nitrogen and oxygen atoms in total. The Hall–Kier alpha value is -3.90. The fourth-order valence-corrected chi connectivity index (χ4v) is 3.18. The molecule has 2 amide bonds. The van der Waals surface area contributed by atoms with Crippen LogP contribution in [0, 0.1) is 0 Å². The number of benzene rings is 1. The van der Waals surface area contributed by atoms with Crippen molar-refractivity contribution < 1.29 is 27.5 Å². The number of aromatic nitrogens is 5. The van der Waals surface area contributed by atoms with Crippen molar-refractivity contribution in [2.24, 2.45) is 7.05 Å². The molecule has 1 fully saturated rings. The Labute approximate surface area is 192 Å². The number of halogens is 3. The topological polar surface area (TPSA) is 116 Å². The maximum absolute atomic E-state index is 13.0. The second kappa shape index (κ2) is 9.15. The van der Waals surface area contributed by atoms with E-state index in [1.165, 1.54) is 11.7 Å². The SMILES string of the molecule is CCNC(=O)c1ccc(-n2nnc(C(=O)NC3CC3)c2COc2cc(C(F)(F)F)nn2C)cc1. The molecule has 0 saturated heterocycles. The van der Waals surface area contributed by atoms with Gasteiger partial charge in [0.25, 0.3) is 11.8 Å². The van der Waals surface area contributed by atoms with E-state index < -0.39 is 17.8 Å². The summed E-state index contributed by atoms with van der Waals surface area (Å²) < 4.78 is 46.8. The Morgan fingerprint density at radius 3 is 2.47 bits per heavy atom. The molecule has 0 radical (unpaired) electrons. The summed E-state index contributed by atoms with van der Waals surface area (Å²) in [7, 11) is 1.32. The van der Waals surface area contributed by atoms with Crippen LogP contribution >= 0.6 is 0 Å². The minimum Gasteiger partial charge on any atom is -0.471 e. The maximum atomic E-state index is 13.0. The average molecular weight is 477 g/mol. The molecule has 1 saturated carbocycles. The molecule has 0 atom stereocenters. The van der Waals surface area contributed by atoms with Crippen molar-refractivity contribution in [1.82, 2.24) is 35.4 Å². The molecular formula is C21H22F3N7O3. The van der Waals surface area contributed by atoms with Gasteiger partial charge in [-0.25, -0.2) is 9.36 Å². The number of nitrogens with one attached hydrogen (secondary N) is 2. The van der Waals surface area contributed by atoms with Gasteiger partial charge in [-0.3, -0.25) is 9.59 Å². The summed E-state index contributed by atoms with van der Waals surface area (Å²) in [5, 5.41) is 17.0. The Kier molecular flexibility index (Phi) is 6.26. The third-order valence-corrected chi connectivity index (χ3v) is 5.09. The fourth-order valence-electron chi connectivity index (χ4n) is 3.18. The molecule has 180 valence electrons. The van der Waals surface area contributed by atoms with Gasteiger partial charge in [0, 0.05) is 31.3 Å². The Morgan fingerprint density at radius 2 is 1.88 bits per heavy atom. The van der Waals surface area contributed by atoms with Crippen LogP contribution in [0.25, 0.3) is 5.69 Å². The Bertz CT molecular complexity index is 1200. The number of nitrogens with zero attached hydrogens (tertiary/aromatic N) is 5. The second-order valence-corrected chi connectivity index (χ2v) is 7.73. The molecule has 4 rings (SSSR count).